The molecular weight excluding hydrogens is 206 g/mol. The van der Waals surface area contributed by atoms with Gasteiger partial charge in [0.2, 0.25) is 11.9 Å². The van der Waals surface area contributed by atoms with E-state index in [9.17, 15) is 4.79 Å². The van der Waals surface area contributed by atoms with E-state index in [1.807, 2.05) is 13.8 Å². The normalized spacial score (nSPS) is 11.9. The number of nitrogen functional groups attached to an aromatic ring is 1. The van der Waals surface area contributed by atoms with Gasteiger partial charge in [-0.2, -0.15) is 4.98 Å². The fourth-order valence-corrected chi connectivity index (χ4v) is 1.20. The van der Waals surface area contributed by atoms with Gasteiger partial charge in [-0.3, -0.25) is 4.79 Å². The Bertz CT molecular complexity index is 379. The van der Waals surface area contributed by atoms with Crippen LogP contribution < -0.4 is 16.4 Å². The Hall–Kier alpha value is -1.85. The van der Waals surface area contributed by atoms with Crippen molar-refractivity contribution in [2.75, 3.05) is 17.6 Å². The molecule has 4 N–H and O–H groups in total. The fraction of sp³-hybridized carbons (Fsp3) is 0.500. The van der Waals surface area contributed by atoms with E-state index in [-0.39, 0.29) is 17.9 Å². The summed E-state index contributed by atoms with van der Waals surface area (Å²) in [7, 11) is 0. The van der Waals surface area contributed by atoms with Crippen molar-refractivity contribution >= 4 is 17.7 Å². The summed E-state index contributed by atoms with van der Waals surface area (Å²) in [6.45, 7) is 6.10. The lowest BCUT2D eigenvalue weighted by molar-refractivity contribution is -0.121. The lowest BCUT2D eigenvalue weighted by atomic mass is 10.2. The van der Waals surface area contributed by atoms with Crippen molar-refractivity contribution in [2.45, 2.75) is 26.8 Å². The molecule has 1 aromatic rings. The molecule has 0 radical (unpaired) electrons. The molecular formula is C10H17N5O. The van der Waals surface area contributed by atoms with Gasteiger partial charge in [0.15, 0.2) is 0 Å². The van der Waals surface area contributed by atoms with Gasteiger partial charge in [-0.15, -0.1) is 0 Å². The molecule has 0 aromatic carbocycles. The first-order valence-corrected chi connectivity index (χ1v) is 5.18. The third kappa shape index (κ3) is 3.08. The summed E-state index contributed by atoms with van der Waals surface area (Å²) in [6.07, 6.45) is 1.62. The molecule has 6 heteroatoms. The number of nitrogens with one attached hydrogen (secondary N) is 2. The van der Waals surface area contributed by atoms with E-state index in [1.165, 1.54) is 0 Å². The lowest BCUT2D eigenvalue weighted by Gasteiger charge is -2.15. The van der Waals surface area contributed by atoms with Crippen LogP contribution in [0.15, 0.2) is 6.20 Å². The molecule has 0 saturated carbocycles. The van der Waals surface area contributed by atoms with Gasteiger partial charge in [-0.05, 0) is 20.8 Å². The number of amides is 1. The Balaban J connectivity index is 2.72. The third-order valence-corrected chi connectivity index (χ3v) is 2.09. The summed E-state index contributed by atoms with van der Waals surface area (Å²) in [6, 6.07) is -0.354. The second-order valence-electron chi connectivity index (χ2n) is 3.52. The molecule has 1 atom stereocenters. The van der Waals surface area contributed by atoms with E-state index in [4.69, 9.17) is 5.73 Å². The minimum Gasteiger partial charge on any atom is -0.368 e. The first-order chi connectivity index (χ1) is 7.54. The molecule has 1 unspecified atom stereocenters. The molecule has 88 valence electrons. The molecule has 16 heavy (non-hydrogen) atoms. The highest BCUT2D eigenvalue weighted by Gasteiger charge is 2.13. The van der Waals surface area contributed by atoms with E-state index >= 15 is 0 Å². The number of anilines is 2. The maximum Gasteiger partial charge on any atom is 0.242 e. The van der Waals surface area contributed by atoms with E-state index < -0.39 is 0 Å². The highest BCUT2D eigenvalue weighted by atomic mass is 16.2. The van der Waals surface area contributed by atoms with Crippen molar-refractivity contribution in [1.82, 2.24) is 15.3 Å². The predicted octanol–water partition coefficient (Wildman–Crippen LogP) is 0.304. The van der Waals surface area contributed by atoms with E-state index in [2.05, 4.69) is 20.6 Å². The smallest absolute Gasteiger partial charge is 0.242 e. The first kappa shape index (κ1) is 12.2. The van der Waals surface area contributed by atoms with Crippen molar-refractivity contribution < 1.29 is 4.79 Å². The second kappa shape index (κ2) is 5.29. The largest absolute Gasteiger partial charge is 0.368 e. The molecule has 0 aliphatic heterocycles. The number of hydrogen-bond donors (Lipinski definition) is 3. The minimum absolute atomic E-state index is 0.0703. The first-order valence-electron chi connectivity index (χ1n) is 5.18. The van der Waals surface area contributed by atoms with Crippen LogP contribution in [-0.2, 0) is 4.79 Å². The average molecular weight is 223 g/mol. The minimum atomic E-state index is -0.354. The van der Waals surface area contributed by atoms with Gasteiger partial charge in [-0.1, -0.05) is 0 Å². The molecule has 1 heterocycles. The van der Waals surface area contributed by atoms with Gasteiger partial charge in [0.05, 0.1) is 0 Å². The number of carbonyl (C=O) groups excluding carboxylic acids is 1. The highest BCUT2D eigenvalue weighted by molar-refractivity contribution is 5.84. The van der Waals surface area contributed by atoms with E-state index in [0.29, 0.717) is 12.4 Å². The second-order valence-corrected chi connectivity index (χ2v) is 3.52. The van der Waals surface area contributed by atoms with Crippen LogP contribution in [0.4, 0.5) is 11.8 Å². The topological polar surface area (TPSA) is 92.9 Å². The van der Waals surface area contributed by atoms with Crippen molar-refractivity contribution in [3.05, 3.63) is 11.8 Å². The standard InChI is InChI=1S/C10H17N5O/c1-4-12-9(16)7(3)14-8-6(2)5-13-10(11)15-8/h5,7H,4H2,1-3H3,(H,12,16)(H3,11,13,14,15). The van der Waals surface area contributed by atoms with Crippen LogP contribution in [0.1, 0.15) is 19.4 Å². The molecule has 0 spiro atoms. The fourth-order valence-electron chi connectivity index (χ4n) is 1.20. The van der Waals surface area contributed by atoms with E-state index in [0.717, 1.165) is 5.56 Å². The predicted molar refractivity (Wildman–Crippen MR) is 62.9 cm³/mol. The molecule has 0 aliphatic rings. The van der Waals surface area contributed by atoms with Gasteiger partial charge in [0.25, 0.3) is 0 Å². The number of nitrogens with zero attached hydrogens (tertiary/aromatic N) is 2. The van der Waals surface area contributed by atoms with Crippen LogP contribution in [0.2, 0.25) is 0 Å². The van der Waals surface area contributed by atoms with Gasteiger partial charge < -0.3 is 16.4 Å². The van der Waals surface area contributed by atoms with Gasteiger partial charge in [0.1, 0.15) is 11.9 Å². The van der Waals surface area contributed by atoms with Gasteiger partial charge in [-0.25, -0.2) is 4.98 Å². The van der Waals surface area contributed by atoms with Crippen LogP contribution >= 0.6 is 0 Å². The molecule has 0 saturated heterocycles. The number of hydrogen-bond acceptors (Lipinski definition) is 5. The molecule has 6 nitrogen and oxygen atoms in total. The summed E-state index contributed by atoms with van der Waals surface area (Å²) in [5, 5.41) is 5.72. The molecule has 1 aromatic heterocycles. The number of likely N-dealkylation sites (N-methyl/N-ethyl adjacent to an activating group) is 1. The monoisotopic (exact) mass is 223 g/mol. The van der Waals surface area contributed by atoms with Gasteiger partial charge >= 0.3 is 0 Å². The maximum absolute atomic E-state index is 11.5. The average Bonchev–Trinajstić information content (AvgIpc) is 2.23. The van der Waals surface area contributed by atoms with Crippen molar-refractivity contribution in [3.63, 3.8) is 0 Å². The third-order valence-electron chi connectivity index (χ3n) is 2.09. The van der Waals surface area contributed by atoms with Gasteiger partial charge in [0, 0.05) is 18.3 Å². The van der Waals surface area contributed by atoms with E-state index in [1.54, 1.807) is 13.1 Å². The molecule has 0 fully saturated rings. The van der Waals surface area contributed by atoms with Crippen molar-refractivity contribution in [1.29, 1.82) is 0 Å². The Morgan fingerprint density at radius 2 is 2.31 bits per heavy atom. The number of aromatic nitrogens is 2. The molecule has 1 amide bonds. The Labute approximate surface area is 94.7 Å². The van der Waals surface area contributed by atoms with Crippen LogP contribution in [0.3, 0.4) is 0 Å². The number of nitrogens with two attached hydrogens (primary N) is 1. The Morgan fingerprint density at radius 1 is 1.62 bits per heavy atom. The maximum atomic E-state index is 11.5. The van der Waals surface area contributed by atoms with Crippen molar-refractivity contribution in [2.24, 2.45) is 0 Å². The summed E-state index contributed by atoms with van der Waals surface area (Å²) >= 11 is 0. The lowest BCUT2D eigenvalue weighted by Crippen LogP contribution is -2.37. The molecule has 0 bridgehead atoms. The zero-order valence-corrected chi connectivity index (χ0v) is 9.74. The highest BCUT2D eigenvalue weighted by Crippen LogP contribution is 2.11. The Kier molecular flexibility index (Phi) is 4.04. The summed E-state index contributed by atoms with van der Waals surface area (Å²) < 4.78 is 0. The summed E-state index contributed by atoms with van der Waals surface area (Å²) in [4.78, 5) is 19.4. The number of rotatable bonds is 4. The quantitative estimate of drug-likeness (QED) is 0.683. The summed E-state index contributed by atoms with van der Waals surface area (Å²) in [5.41, 5.74) is 6.33. The Morgan fingerprint density at radius 3 is 2.94 bits per heavy atom. The zero-order chi connectivity index (χ0) is 12.1. The molecule has 1 rings (SSSR count). The SMILES string of the molecule is CCNC(=O)C(C)Nc1nc(N)ncc1C. The number of aryl methyl sites for hydroxylation is 1. The van der Waals surface area contributed by atoms with Crippen LogP contribution in [-0.4, -0.2) is 28.5 Å². The summed E-state index contributed by atoms with van der Waals surface area (Å²) in [5.74, 6) is 0.710. The molecule has 0 aliphatic carbocycles. The zero-order valence-electron chi connectivity index (χ0n) is 9.74. The van der Waals surface area contributed by atoms with Crippen LogP contribution in [0.25, 0.3) is 0 Å². The van der Waals surface area contributed by atoms with Crippen LogP contribution in [0.5, 0.6) is 0 Å². The van der Waals surface area contributed by atoms with Crippen molar-refractivity contribution in [3.8, 4) is 0 Å². The number of carbonyl (C=O) groups is 1. The van der Waals surface area contributed by atoms with Crippen LogP contribution in [0, 0.1) is 6.92 Å².